The molecule has 0 aliphatic carbocycles. The summed E-state index contributed by atoms with van der Waals surface area (Å²) in [4.78, 5) is 17.1. The van der Waals surface area contributed by atoms with Crippen LogP contribution < -0.4 is 19.8 Å². The van der Waals surface area contributed by atoms with Gasteiger partial charge in [-0.25, -0.2) is 4.79 Å². The minimum Gasteiger partial charge on any atom is -0.497 e. The molecule has 7 nitrogen and oxygen atoms in total. The van der Waals surface area contributed by atoms with E-state index in [0.717, 1.165) is 22.2 Å². The molecule has 4 rings (SSSR count). The molecule has 1 aromatic heterocycles. The van der Waals surface area contributed by atoms with E-state index in [0.29, 0.717) is 35.9 Å². The maximum Gasteiger partial charge on any atom is 0.336 e. The molecule has 0 bridgehead atoms. The van der Waals surface area contributed by atoms with Gasteiger partial charge in [-0.15, -0.1) is 0 Å². The predicted molar refractivity (Wildman–Crippen MR) is 108 cm³/mol. The molecule has 0 unspecified atom stereocenters. The van der Waals surface area contributed by atoms with Crippen LogP contribution in [0.25, 0.3) is 11.0 Å². The van der Waals surface area contributed by atoms with Crippen molar-refractivity contribution in [3.05, 3.63) is 64.0 Å². The fourth-order valence-corrected chi connectivity index (χ4v) is 3.30. The monoisotopic (exact) mass is 395 g/mol. The average molecular weight is 395 g/mol. The first-order valence-electron chi connectivity index (χ1n) is 9.20. The molecular weight excluding hydrogens is 374 g/mol. The van der Waals surface area contributed by atoms with E-state index in [2.05, 4.69) is 5.16 Å². The molecule has 0 N–H and O–H groups in total. The molecule has 7 heteroatoms. The predicted octanol–water partition coefficient (Wildman–Crippen LogP) is 3.69. The van der Waals surface area contributed by atoms with Gasteiger partial charge in [0.05, 0.1) is 19.9 Å². The number of aryl methyl sites for hydroxylation is 1. The Morgan fingerprint density at radius 3 is 2.69 bits per heavy atom. The zero-order chi connectivity index (χ0) is 20.4. The van der Waals surface area contributed by atoms with Gasteiger partial charge in [0.15, 0.2) is 6.10 Å². The van der Waals surface area contributed by atoms with Crippen LogP contribution in [0.5, 0.6) is 17.2 Å². The molecule has 1 aliphatic rings. The third-order valence-electron chi connectivity index (χ3n) is 4.81. The summed E-state index contributed by atoms with van der Waals surface area (Å²) in [5.41, 5.74) is 2.64. The van der Waals surface area contributed by atoms with Crippen LogP contribution in [0.2, 0.25) is 0 Å². The summed E-state index contributed by atoms with van der Waals surface area (Å²) < 4.78 is 21.8. The Labute approximate surface area is 167 Å². The number of ether oxygens (including phenoxy) is 3. The largest absolute Gasteiger partial charge is 0.497 e. The molecule has 1 atom stereocenters. The fraction of sp³-hybridized carbons (Fsp3) is 0.273. The number of nitrogens with zero attached hydrogens (tertiary/aromatic N) is 1. The summed E-state index contributed by atoms with van der Waals surface area (Å²) in [6.07, 6.45) is 0.363. The second-order valence-electron chi connectivity index (χ2n) is 6.75. The van der Waals surface area contributed by atoms with Gasteiger partial charge in [0, 0.05) is 35.6 Å². The smallest absolute Gasteiger partial charge is 0.336 e. The molecule has 0 radical (unpaired) electrons. The Morgan fingerprint density at radius 2 is 1.90 bits per heavy atom. The maximum absolute atomic E-state index is 11.6. The highest BCUT2D eigenvalue weighted by Gasteiger charge is 2.25. The second kappa shape index (κ2) is 7.87. The van der Waals surface area contributed by atoms with E-state index in [4.69, 9.17) is 23.5 Å². The minimum atomic E-state index is -0.377. The first kappa shape index (κ1) is 18.9. The van der Waals surface area contributed by atoms with Crippen LogP contribution >= 0.6 is 0 Å². The van der Waals surface area contributed by atoms with Gasteiger partial charge in [-0.05, 0) is 36.8 Å². The van der Waals surface area contributed by atoms with Crippen molar-refractivity contribution in [2.45, 2.75) is 19.4 Å². The standard InChI is InChI=1S/C22H21NO6/c1-13-8-22(24)28-21-11-15(5-6-17(13)21)27-12-16-9-19(23-29-16)18-7-4-14(25-2)10-20(18)26-3/h4-8,10-11,16H,9,12H2,1-3H3/t16-/m0/s1. The minimum absolute atomic E-state index is 0.225. The van der Waals surface area contributed by atoms with Crippen molar-refractivity contribution >= 4 is 16.7 Å². The van der Waals surface area contributed by atoms with E-state index in [-0.39, 0.29) is 11.7 Å². The van der Waals surface area contributed by atoms with Crippen LogP contribution in [0.3, 0.4) is 0 Å². The van der Waals surface area contributed by atoms with Gasteiger partial charge >= 0.3 is 5.63 Å². The normalized spacial score (nSPS) is 15.7. The molecule has 0 saturated carbocycles. The van der Waals surface area contributed by atoms with E-state index >= 15 is 0 Å². The fourth-order valence-electron chi connectivity index (χ4n) is 3.30. The number of hydrogen-bond acceptors (Lipinski definition) is 7. The third-order valence-corrected chi connectivity index (χ3v) is 4.81. The van der Waals surface area contributed by atoms with Gasteiger partial charge in [-0.3, -0.25) is 0 Å². The van der Waals surface area contributed by atoms with Gasteiger partial charge in [0.1, 0.15) is 29.4 Å². The van der Waals surface area contributed by atoms with Gasteiger partial charge in [0.2, 0.25) is 0 Å². The lowest BCUT2D eigenvalue weighted by atomic mass is 10.0. The Hall–Kier alpha value is -3.48. The van der Waals surface area contributed by atoms with Crippen molar-refractivity contribution in [2.75, 3.05) is 20.8 Å². The van der Waals surface area contributed by atoms with E-state index < -0.39 is 0 Å². The van der Waals surface area contributed by atoms with Gasteiger partial charge in [0.25, 0.3) is 0 Å². The highest BCUT2D eigenvalue weighted by molar-refractivity contribution is 6.03. The van der Waals surface area contributed by atoms with Crippen molar-refractivity contribution in [2.24, 2.45) is 5.16 Å². The number of methoxy groups -OCH3 is 2. The lowest BCUT2D eigenvalue weighted by molar-refractivity contribution is 0.0471. The Kier molecular flexibility index (Phi) is 5.12. The summed E-state index contributed by atoms with van der Waals surface area (Å²) in [7, 11) is 3.21. The number of fused-ring (bicyclic) bond motifs is 1. The van der Waals surface area contributed by atoms with Crippen LogP contribution in [-0.2, 0) is 4.84 Å². The molecule has 0 saturated heterocycles. The molecular formula is C22H21NO6. The quantitative estimate of drug-likeness (QED) is 0.592. The first-order valence-corrected chi connectivity index (χ1v) is 9.20. The SMILES string of the molecule is COc1ccc(C2=NO[C@H](COc3ccc4c(C)cc(=O)oc4c3)C2)c(OC)c1. The van der Waals surface area contributed by atoms with Crippen molar-refractivity contribution in [1.82, 2.24) is 0 Å². The highest BCUT2D eigenvalue weighted by atomic mass is 16.7. The van der Waals surface area contributed by atoms with Gasteiger partial charge in [-0.2, -0.15) is 0 Å². The van der Waals surface area contributed by atoms with Crippen LogP contribution in [0, 0.1) is 6.92 Å². The summed E-state index contributed by atoms with van der Waals surface area (Å²) in [5, 5.41) is 5.07. The highest BCUT2D eigenvalue weighted by Crippen LogP contribution is 2.29. The van der Waals surface area contributed by atoms with E-state index in [1.165, 1.54) is 6.07 Å². The van der Waals surface area contributed by atoms with Crippen molar-refractivity contribution < 1.29 is 23.5 Å². The van der Waals surface area contributed by atoms with Gasteiger partial charge < -0.3 is 23.5 Å². The van der Waals surface area contributed by atoms with Crippen molar-refractivity contribution in [1.29, 1.82) is 0 Å². The van der Waals surface area contributed by atoms with Crippen molar-refractivity contribution in [3.8, 4) is 17.2 Å². The van der Waals surface area contributed by atoms with Crippen LogP contribution in [0.15, 0.2) is 56.8 Å². The maximum atomic E-state index is 11.6. The Morgan fingerprint density at radius 1 is 1.07 bits per heavy atom. The molecule has 1 aliphatic heterocycles. The summed E-state index contributed by atoms with van der Waals surface area (Å²) in [6, 6.07) is 12.5. The molecule has 2 heterocycles. The number of benzene rings is 2. The third kappa shape index (κ3) is 3.89. The summed E-state index contributed by atoms with van der Waals surface area (Å²) in [6.45, 7) is 2.19. The number of rotatable bonds is 6. The lowest BCUT2D eigenvalue weighted by Gasteiger charge is -2.12. The molecule has 3 aromatic rings. The van der Waals surface area contributed by atoms with Crippen LogP contribution in [0.4, 0.5) is 0 Å². The van der Waals surface area contributed by atoms with Crippen LogP contribution in [-0.4, -0.2) is 32.6 Å². The average Bonchev–Trinajstić information content (AvgIpc) is 3.20. The van der Waals surface area contributed by atoms with E-state index in [1.807, 2.05) is 37.3 Å². The Balaban J connectivity index is 1.43. The summed E-state index contributed by atoms with van der Waals surface area (Å²) >= 11 is 0. The van der Waals surface area contributed by atoms with Gasteiger partial charge in [-0.1, -0.05) is 5.16 Å². The number of hydrogen-bond donors (Lipinski definition) is 0. The summed E-state index contributed by atoms with van der Waals surface area (Å²) in [5.74, 6) is 1.99. The zero-order valence-electron chi connectivity index (χ0n) is 16.4. The van der Waals surface area contributed by atoms with E-state index in [1.54, 1.807) is 20.3 Å². The Bertz CT molecular complexity index is 1130. The molecule has 2 aromatic carbocycles. The molecule has 0 amide bonds. The molecule has 0 fully saturated rings. The molecule has 0 spiro atoms. The van der Waals surface area contributed by atoms with E-state index in [9.17, 15) is 4.79 Å². The molecule has 150 valence electrons. The van der Waals surface area contributed by atoms with Crippen LogP contribution in [0.1, 0.15) is 17.5 Å². The molecule has 29 heavy (non-hydrogen) atoms. The first-order chi connectivity index (χ1) is 14.1. The lowest BCUT2D eigenvalue weighted by Crippen LogP contribution is -2.18. The topological polar surface area (TPSA) is 79.5 Å². The second-order valence-corrected chi connectivity index (χ2v) is 6.75. The zero-order valence-corrected chi connectivity index (χ0v) is 16.4. The number of oxime groups is 1. The van der Waals surface area contributed by atoms with Crippen molar-refractivity contribution in [3.63, 3.8) is 0 Å².